The Kier molecular flexibility index (Phi) is 6.44. The fraction of sp³-hybridized carbons (Fsp3) is 0.304. The Balaban J connectivity index is 1.82. The van der Waals surface area contributed by atoms with Gasteiger partial charge in [-0.05, 0) is 50.2 Å². The molecule has 1 heterocycles. The molecule has 0 saturated heterocycles. The normalized spacial score (nSPS) is 13.4. The lowest BCUT2D eigenvalue weighted by Gasteiger charge is -2.31. The second-order valence-electron chi connectivity index (χ2n) is 7.50. The van der Waals surface area contributed by atoms with Crippen molar-refractivity contribution in [1.29, 1.82) is 0 Å². The molecule has 0 radical (unpaired) electrons. The average Bonchev–Trinajstić information content (AvgIpc) is 3.14. The van der Waals surface area contributed by atoms with E-state index in [1.54, 1.807) is 19.3 Å². The van der Waals surface area contributed by atoms with Crippen LogP contribution < -0.4 is 0 Å². The molecule has 1 N–H and O–H groups in total. The van der Waals surface area contributed by atoms with Gasteiger partial charge < -0.3 is 14.7 Å². The van der Waals surface area contributed by atoms with Crippen LogP contribution in [0, 0.1) is 5.82 Å². The smallest absolute Gasteiger partial charge is 0.240 e. The molecule has 1 aromatic heterocycles. The summed E-state index contributed by atoms with van der Waals surface area (Å²) in [5.41, 5.74) is 2.43. The number of rotatable bonds is 8. The molecular weight excluding hydrogens is 369 g/mol. The van der Waals surface area contributed by atoms with E-state index in [0.29, 0.717) is 23.7 Å². The number of nitrogens with zero attached hydrogens (tertiary/aromatic N) is 2. The monoisotopic (exact) mass is 395 g/mol. The van der Waals surface area contributed by atoms with Crippen LogP contribution in [0.15, 0.2) is 54.7 Å². The minimum absolute atomic E-state index is 0.172. The lowest BCUT2D eigenvalue weighted by atomic mass is 10.0. The molecule has 0 saturated carbocycles. The van der Waals surface area contributed by atoms with Gasteiger partial charge in [0.2, 0.25) is 5.91 Å². The molecule has 0 aliphatic carbocycles. The van der Waals surface area contributed by atoms with Crippen molar-refractivity contribution in [2.75, 3.05) is 21.1 Å². The van der Waals surface area contributed by atoms with Crippen LogP contribution in [0.1, 0.15) is 11.1 Å². The molecule has 3 aromatic rings. The van der Waals surface area contributed by atoms with Crippen molar-refractivity contribution in [2.24, 2.45) is 0 Å². The number of benzene rings is 2. The van der Waals surface area contributed by atoms with Crippen LogP contribution in [0.4, 0.5) is 4.39 Å². The molecule has 1 amide bonds. The summed E-state index contributed by atoms with van der Waals surface area (Å²) in [5.74, 6) is -0.486. The predicted octanol–water partition coefficient (Wildman–Crippen LogP) is 3.05. The summed E-state index contributed by atoms with van der Waals surface area (Å²) in [4.78, 5) is 31.3. The fourth-order valence-electron chi connectivity index (χ4n) is 3.60. The van der Waals surface area contributed by atoms with Crippen LogP contribution in [0.3, 0.4) is 0 Å². The zero-order valence-corrected chi connectivity index (χ0v) is 16.9. The van der Waals surface area contributed by atoms with Crippen molar-refractivity contribution in [3.8, 4) is 0 Å². The zero-order chi connectivity index (χ0) is 21.0. The largest absolute Gasteiger partial charge is 0.361 e. The van der Waals surface area contributed by atoms with E-state index in [1.165, 1.54) is 11.0 Å². The minimum Gasteiger partial charge on any atom is -0.361 e. The lowest BCUT2D eigenvalue weighted by molar-refractivity contribution is -0.139. The Morgan fingerprint density at radius 1 is 1.07 bits per heavy atom. The van der Waals surface area contributed by atoms with Gasteiger partial charge in [0.05, 0.1) is 12.1 Å². The summed E-state index contributed by atoms with van der Waals surface area (Å²) in [6.45, 7) is 0. The van der Waals surface area contributed by atoms with Gasteiger partial charge in [-0.1, -0.05) is 36.4 Å². The van der Waals surface area contributed by atoms with Gasteiger partial charge in [0.1, 0.15) is 12.1 Å². The summed E-state index contributed by atoms with van der Waals surface area (Å²) in [6.07, 6.45) is 3.35. The van der Waals surface area contributed by atoms with Crippen LogP contribution in [0.25, 0.3) is 10.9 Å². The van der Waals surface area contributed by atoms with Gasteiger partial charge >= 0.3 is 0 Å². The second kappa shape index (κ2) is 9.01. The van der Waals surface area contributed by atoms with Crippen LogP contribution in [0.5, 0.6) is 0 Å². The molecule has 0 fully saturated rings. The number of aldehydes is 1. The molecule has 5 nitrogen and oxygen atoms in total. The van der Waals surface area contributed by atoms with E-state index in [1.807, 2.05) is 55.4 Å². The van der Waals surface area contributed by atoms with Crippen LogP contribution in [-0.4, -0.2) is 60.2 Å². The van der Waals surface area contributed by atoms with Crippen molar-refractivity contribution >= 4 is 23.1 Å². The molecular formula is C23H26FN3O2. The van der Waals surface area contributed by atoms with E-state index in [9.17, 15) is 14.0 Å². The summed E-state index contributed by atoms with van der Waals surface area (Å²) >= 11 is 0. The van der Waals surface area contributed by atoms with E-state index < -0.39 is 12.1 Å². The molecule has 3 rings (SSSR count). The fourth-order valence-corrected chi connectivity index (χ4v) is 3.60. The summed E-state index contributed by atoms with van der Waals surface area (Å²) in [5, 5.41) is 0.506. The third kappa shape index (κ3) is 4.54. The Bertz CT molecular complexity index is 984. The van der Waals surface area contributed by atoms with E-state index >= 15 is 0 Å². The molecule has 152 valence electrons. The van der Waals surface area contributed by atoms with Crippen molar-refractivity contribution in [1.82, 2.24) is 14.8 Å². The molecule has 29 heavy (non-hydrogen) atoms. The van der Waals surface area contributed by atoms with Gasteiger partial charge in [-0.15, -0.1) is 0 Å². The number of aromatic nitrogens is 1. The molecule has 2 aromatic carbocycles. The zero-order valence-electron chi connectivity index (χ0n) is 16.9. The Morgan fingerprint density at radius 2 is 1.79 bits per heavy atom. The number of amides is 1. The Hall–Kier alpha value is -2.99. The maximum Gasteiger partial charge on any atom is 0.240 e. The first-order valence-electron chi connectivity index (χ1n) is 9.59. The third-order valence-corrected chi connectivity index (χ3v) is 5.35. The quantitative estimate of drug-likeness (QED) is 0.597. The summed E-state index contributed by atoms with van der Waals surface area (Å²) < 4.78 is 14.3. The first-order valence-corrected chi connectivity index (χ1v) is 9.59. The molecule has 0 spiro atoms. The van der Waals surface area contributed by atoms with E-state index in [-0.39, 0.29) is 11.7 Å². The van der Waals surface area contributed by atoms with Crippen molar-refractivity contribution in [3.05, 3.63) is 71.7 Å². The van der Waals surface area contributed by atoms with E-state index in [2.05, 4.69) is 4.98 Å². The Labute approximate surface area is 170 Å². The molecule has 6 heteroatoms. The molecule has 0 aliphatic rings. The number of halogens is 1. The first-order chi connectivity index (χ1) is 13.9. The highest BCUT2D eigenvalue weighted by molar-refractivity contribution is 5.87. The van der Waals surface area contributed by atoms with Gasteiger partial charge in [0.25, 0.3) is 0 Å². The number of hydrogen-bond donors (Lipinski definition) is 1. The lowest BCUT2D eigenvalue weighted by Crippen LogP contribution is -2.50. The first kappa shape index (κ1) is 20.7. The molecule has 2 unspecified atom stereocenters. The van der Waals surface area contributed by atoms with Crippen molar-refractivity contribution in [2.45, 2.75) is 24.9 Å². The van der Waals surface area contributed by atoms with E-state index in [4.69, 9.17) is 0 Å². The summed E-state index contributed by atoms with van der Waals surface area (Å²) in [7, 11) is 5.28. The molecule has 0 aliphatic heterocycles. The molecule has 0 bridgehead atoms. The number of H-pyrrole nitrogens is 1. The number of aromatic amines is 1. The van der Waals surface area contributed by atoms with Crippen LogP contribution in [0.2, 0.25) is 0 Å². The van der Waals surface area contributed by atoms with Gasteiger partial charge in [0, 0.05) is 24.1 Å². The minimum atomic E-state index is -0.563. The number of hydrogen-bond acceptors (Lipinski definition) is 3. The second-order valence-corrected chi connectivity index (χ2v) is 7.50. The maximum absolute atomic E-state index is 14.3. The van der Waals surface area contributed by atoms with Crippen molar-refractivity contribution < 1.29 is 14.0 Å². The highest BCUT2D eigenvalue weighted by Crippen LogP contribution is 2.24. The maximum atomic E-state index is 14.3. The van der Waals surface area contributed by atoms with Crippen molar-refractivity contribution in [3.63, 3.8) is 0 Å². The number of carbonyl (C=O) groups is 2. The number of fused-ring (bicyclic) bond motifs is 1. The third-order valence-electron chi connectivity index (χ3n) is 5.35. The van der Waals surface area contributed by atoms with Gasteiger partial charge in [-0.25, -0.2) is 4.39 Å². The SMILES string of the molecule is CN(C)C(Cc1c[nH]c2cccc(F)c12)C(=O)N(C)C(C=O)Cc1ccccc1. The highest BCUT2D eigenvalue weighted by atomic mass is 19.1. The topological polar surface area (TPSA) is 56.4 Å². The van der Waals surface area contributed by atoms with Gasteiger partial charge in [0.15, 0.2) is 0 Å². The van der Waals surface area contributed by atoms with Crippen LogP contribution in [-0.2, 0) is 22.4 Å². The van der Waals surface area contributed by atoms with E-state index in [0.717, 1.165) is 17.4 Å². The van der Waals surface area contributed by atoms with Gasteiger partial charge in [-0.3, -0.25) is 9.69 Å². The predicted molar refractivity (Wildman–Crippen MR) is 112 cm³/mol. The number of nitrogens with one attached hydrogen (secondary N) is 1. The highest BCUT2D eigenvalue weighted by Gasteiger charge is 2.29. The summed E-state index contributed by atoms with van der Waals surface area (Å²) in [6, 6.07) is 13.4. The Morgan fingerprint density at radius 3 is 2.45 bits per heavy atom. The standard InChI is InChI=1S/C23H26FN3O2/c1-26(2)21(13-17-14-25-20-11-7-10-19(24)22(17)20)23(29)27(3)18(15-28)12-16-8-5-4-6-9-16/h4-11,14-15,18,21,25H,12-13H2,1-3H3. The van der Waals surface area contributed by atoms with Gasteiger partial charge in [-0.2, -0.15) is 0 Å². The average molecular weight is 395 g/mol. The number of carbonyl (C=O) groups excluding carboxylic acids is 2. The van der Waals surface area contributed by atoms with Crippen LogP contribution >= 0.6 is 0 Å². The number of likely N-dealkylation sites (N-methyl/N-ethyl adjacent to an activating group) is 2. The molecule has 2 atom stereocenters.